The Bertz CT molecular complexity index is 750. The molecule has 1 saturated heterocycles. The van der Waals surface area contributed by atoms with Crippen molar-refractivity contribution in [3.05, 3.63) is 23.9 Å². The summed E-state index contributed by atoms with van der Waals surface area (Å²) in [4.78, 5) is 21.7. The van der Waals surface area contributed by atoms with Crippen molar-refractivity contribution < 1.29 is 27.4 Å². The minimum Gasteiger partial charge on any atom is -0.475 e. The number of alkyl halides is 3. The van der Waals surface area contributed by atoms with E-state index in [1.165, 1.54) is 12.3 Å². The van der Waals surface area contributed by atoms with Crippen LogP contribution < -0.4 is 15.4 Å². The fraction of sp³-hybridized carbons (Fsp3) is 0.632. The normalized spacial score (nSPS) is 17.6. The van der Waals surface area contributed by atoms with Gasteiger partial charge in [-0.15, -0.1) is 0 Å². The minimum atomic E-state index is -4.53. The number of nitrogens with one attached hydrogen (secondary N) is 2. The molecular formula is C19H28F3N5O3. The summed E-state index contributed by atoms with van der Waals surface area (Å²) in [5, 5.41) is 5.88. The Morgan fingerprint density at radius 3 is 2.73 bits per heavy atom. The molecule has 1 aromatic rings. The molecule has 1 unspecified atom stereocenters. The standard InChI is InChI=1S/C19H28F3N5O3/c1-18(2,3)30-17(28)26-13-7-10-27(12-13)16(23-4)25-9-11-29-15-14(19(20,21)22)6-5-8-24-15/h5-6,8,13H,7,9-12H2,1-4H3,(H,23,25)(H,26,28). The van der Waals surface area contributed by atoms with Gasteiger partial charge in [0.15, 0.2) is 5.96 Å². The predicted molar refractivity (Wildman–Crippen MR) is 105 cm³/mol. The third-order valence-electron chi connectivity index (χ3n) is 4.12. The van der Waals surface area contributed by atoms with Crippen LogP contribution in [0.15, 0.2) is 23.3 Å². The number of likely N-dealkylation sites (tertiary alicyclic amines) is 1. The molecule has 11 heteroatoms. The number of amides is 1. The smallest absolute Gasteiger partial charge is 0.421 e. The molecule has 0 saturated carbocycles. The number of aromatic nitrogens is 1. The number of rotatable bonds is 5. The first-order chi connectivity index (χ1) is 14.0. The van der Waals surface area contributed by atoms with Crippen molar-refractivity contribution >= 4 is 12.1 Å². The van der Waals surface area contributed by atoms with Crippen molar-refractivity contribution in [2.75, 3.05) is 33.3 Å². The van der Waals surface area contributed by atoms with Crippen molar-refractivity contribution in [3.63, 3.8) is 0 Å². The van der Waals surface area contributed by atoms with Gasteiger partial charge >= 0.3 is 12.3 Å². The van der Waals surface area contributed by atoms with Gasteiger partial charge in [0.25, 0.3) is 0 Å². The molecule has 1 aliphatic rings. The molecule has 0 aliphatic carbocycles. The number of carbonyl (C=O) groups excluding carboxylic acids is 1. The van der Waals surface area contributed by atoms with E-state index in [4.69, 9.17) is 9.47 Å². The first-order valence-corrected chi connectivity index (χ1v) is 9.59. The first-order valence-electron chi connectivity index (χ1n) is 9.59. The topological polar surface area (TPSA) is 88.1 Å². The van der Waals surface area contributed by atoms with Gasteiger partial charge in [-0.1, -0.05) is 0 Å². The van der Waals surface area contributed by atoms with Gasteiger partial charge in [0.05, 0.1) is 12.6 Å². The molecule has 2 N–H and O–H groups in total. The van der Waals surface area contributed by atoms with E-state index in [-0.39, 0.29) is 19.2 Å². The maximum Gasteiger partial charge on any atom is 0.421 e. The lowest BCUT2D eigenvalue weighted by atomic mass is 10.2. The Labute approximate surface area is 173 Å². The van der Waals surface area contributed by atoms with E-state index in [9.17, 15) is 18.0 Å². The van der Waals surface area contributed by atoms with Gasteiger partial charge in [-0.05, 0) is 39.3 Å². The lowest BCUT2D eigenvalue weighted by Gasteiger charge is -2.23. The number of aliphatic imine (C=N–C) groups is 1. The average molecular weight is 431 g/mol. The lowest BCUT2D eigenvalue weighted by Crippen LogP contribution is -2.45. The van der Waals surface area contributed by atoms with E-state index in [0.29, 0.717) is 19.0 Å². The van der Waals surface area contributed by atoms with Gasteiger partial charge in [-0.3, -0.25) is 4.99 Å². The van der Waals surface area contributed by atoms with Crippen LogP contribution in [0.25, 0.3) is 0 Å². The molecule has 1 atom stereocenters. The van der Waals surface area contributed by atoms with Crippen LogP contribution in [0.1, 0.15) is 32.8 Å². The summed E-state index contributed by atoms with van der Waals surface area (Å²) >= 11 is 0. The van der Waals surface area contributed by atoms with Crippen LogP contribution >= 0.6 is 0 Å². The first kappa shape index (κ1) is 23.6. The molecule has 1 fully saturated rings. The number of nitrogens with zero attached hydrogens (tertiary/aromatic N) is 3. The third kappa shape index (κ3) is 7.27. The number of carbonyl (C=O) groups is 1. The molecule has 168 valence electrons. The van der Waals surface area contributed by atoms with Crippen molar-refractivity contribution in [2.45, 2.75) is 45.0 Å². The maximum atomic E-state index is 13.0. The zero-order valence-electron chi connectivity index (χ0n) is 17.5. The average Bonchev–Trinajstić information content (AvgIpc) is 3.07. The molecule has 30 heavy (non-hydrogen) atoms. The fourth-order valence-corrected chi connectivity index (χ4v) is 2.91. The summed E-state index contributed by atoms with van der Waals surface area (Å²) in [5.74, 6) is 0.119. The number of alkyl carbamates (subject to hydrolysis) is 1. The predicted octanol–water partition coefficient (Wildman–Crippen LogP) is 2.65. The Balaban J connectivity index is 1.79. The number of hydrogen-bond acceptors (Lipinski definition) is 5. The summed E-state index contributed by atoms with van der Waals surface area (Å²) in [7, 11) is 1.61. The zero-order chi connectivity index (χ0) is 22.4. The van der Waals surface area contributed by atoms with Crippen LogP contribution in [0.2, 0.25) is 0 Å². The Morgan fingerprint density at radius 2 is 2.10 bits per heavy atom. The number of pyridine rings is 1. The highest BCUT2D eigenvalue weighted by atomic mass is 19.4. The molecule has 1 amide bonds. The minimum absolute atomic E-state index is 0.0213. The summed E-state index contributed by atoms with van der Waals surface area (Å²) in [6.45, 7) is 6.81. The van der Waals surface area contributed by atoms with E-state index >= 15 is 0 Å². The molecule has 1 aliphatic heterocycles. The third-order valence-corrected chi connectivity index (χ3v) is 4.12. The quantitative estimate of drug-likeness (QED) is 0.423. The Morgan fingerprint density at radius 1 is 1.37 bits per heavy atom. The van der Waals surface area contributed by atoms with Crippen LogP contribution in [0.5, 0.6) is 5.88 Å². The van der Waals surface area contributed by atoms with E-state index < -0.39 is 29.3 Å². The van der Waals surface area contributed by atoms with Crippen molar-refractivity contribution in [2.24, 2.45) is 4.99 Å². The monoisotopic (exact) mass is 431 g/mol. The second-order valence-corrected chi connectivity index (χ2v) is 7.75. The second kappa shape index (κ2) is 9.86. The lowest BCUT2D eigenvalue weighted by molar-refractivity contribution is -0.139. The van der Waals surface area contributed by atoms with Gasteiger partial charge < -0.3 is 25.0 Å². The number of ether oxygens (including phenoxy) is 2. The molecular weight excluding hydrogens is 403 g/mol. The second-order valence-electron chi connectivity index (χ2n) is 7.75. The molecule has 0 radical (unpaired) electrons. The maximum absolute atomic E-state index is 13.0. The summed E-state index contributed by atoms with van der Waals surface area (Å²) < 4.78 is 49.3. The van der Waals surface area contributed by atoms with Gasteiger partial charge in [0.1, 0.15) is 17.8 Å². The summed E-state index contributed by atoms with van der Waals surface area (Å²) in [6.07, 6.45) is -3.03. The van der Waals surface area contributed by atoms with Gasteiger partial charge in [-0.25, -0.2) is 9.78 Å². The van der Waals surface area contributed by atoms with E-state index in [1.54, 1.807) is 27.8 Å². The largest absolute Gasteiger partial charge is 0.475 e. The molecule has 8 nitrogen and oxygen atoms in total. The summed E-state index contributed by atoms with van der Waals surface area (Å²) in [6, 6.07) is 2.05. The summed E-state index contributed by atoms with van der Waals surface area (Å²) in [5.41, 5.74) is -1.48. The van der Waals surface area contributed by atoms with Crippen LogP contribution in [0.4, 0.5) is 18.0 Å². The number of hydrogen-bond donors (Lipinski definition) is 2. The number of halogens is 3. The van der Waals surface area contributed by atoms with Crippen molar-refractivity contribution in [1.82, 2.24) is 20.5 Å². The number of guanidine groups is 1. The van der Waals surface area contributed by atoms with Gasteiger partial charge in [0.2, 0.25) is 5.88 Å². The van der Waals surface area contributed by atoms with E-state index in [2.05, 4.69) is 20.6 Å². The Kier molecular flexibility index (Phi) is 7.74. The SMILES string of the molecule is CN=C(NCCOc1ncccc1C(F)(F)F)N1CCC(NC(=O)OC(C)(C)C)C1. The molecule has 1 aromatic heterocycles. The molecule has 2 rings (SSSR count). The van der Waals surface area contributed by atoms with Crippen LogP contribution in [0, 0.1) is 0 Å². The van der Waals surface area contributed by atoms with Crippen molar-refractivity contribution in [1.29, 1.82) is 0 Å². The van der Waals surface area contributed by atoms with Crippen molar-refractivity contribution in [3.8, 4) is 5.88 Å². The molecule has 0 spiro atoms. The highest BCUT2D eigenvalue weighted by molar-refractivity contribution is 5.80. The highest BCUT2D eigenvalue weighted by Crippen LogP contribution is 2.34. The van der Waals surface area contributed by atoms with Gasteiger partial charge in [-0.2, -0.15) is 13.2 Å². The van der Waals surface area contributed by atoms with Gasteiger partial charge in [0, 0.05) is 26.3 Å². The highest BCUT2D eigenvalue weighted by Gasteiger charge is 2.35. The van der Waals surface area contributed by atoms with Crippen LogP contribution in [-0.4, -0.2) is 66.9 Å². The van der Waals surface area contributed by atoms with Crippen LogP contribution in [-0.2, 0) is 10.9 Å². The zero-order valence-corrected chi connectivity index (χ0v) is 17.5. The van der Waals surface area contributed by atoms with E-state index in [0.717, 1.165) is 12.5 Å². The molecule has 2 heterocycles. The molecule has 0 aromatic carbocycles. The Hall–Kier alpha value is -2.72. The van der Waals surface area contributed by atoms with E-state index in [1.807, 2.05) is 4.90 Å². The molecule has 0 bridgehead atoms. The van der Waals surface area contributed by atoms with Crippen LogP contribution in [0.3, 0.4) is 0 Å². The fourth-order valence-electron chi connectivity index (χ4n) is 2.91.